The van der Waals surface area contributed by atoms with Crippen LogP contribution in [0, 0.1) is 0 Å². The molecule has 0 atom stereocenters. The molecule has 0 radical (unpaired) electrons. The molecule has 136 heavy (non-hydrogen) atoms. The van der Waals surface area contributed by atoms with Gasteiger partial charge in [0.25, 0.3) is 0 Å². The molecule has 0 saturated heterocycles. The maximum atomic E-state index is 2.43. The Morgan fingerprint density at radius 2 is 0.279 bits per heavy atom. The van der Waals surface area contributed by atoms with Crippen LogP contribution in [-0.4, -0.2) is 0 Å². The van der Waals surface area contributed by atoms with E-state index in [2.05, 4.69) is 534 Å². The van der Waals surface area contributed by atoms with Crippen molar-refractivity contribution in [1.29, 1.82) is 0 Å². The third kappa shape index (κ3) is 14.7. The third-order valence-corrected chi connectivity index (χ3v) is 28.1. The first-order chi connectivity index (χ1) is 67.4. The van der Waals surface area contributed by atoms with E-state index in [1.165, 1.54) is 262 Å². The Balaban J connectivity index is 0.000000109. The van der Waals surface area contributed by atoms with Crippen molar-refractivity contribution in [3.05, 3.63) is 534 Å². The highest BCUT2D eigenvalue weighted by atomic mass is 14.3. The van der Waals surface area contributed by atoms with Crippen LogP contribution < -0.4 is 0 Å². The van der Waals surface area contributed by atoms with Gasteiger partial charge >= 0.3 is 0 Å². The number of rotatable bonds is 11. The monoisotopic (exact) mass is 1720 g/mol. The Morgan fingerprint density at radius 3 is 0.691 bits per heavy atom. The van der Waals surface area contributed by atoms with Gasteiger partial charge in [-0.1, -0.05) is 479 Å². The summed E-state index contributed by atoms with van der Waals surface area (Å²) in [6, 6.07) is 196. The Hall–Kier alpha value is -17.7. The molecular formula is C136H88. The van der Waals surface area contributed by atoms with E-state index < -0.39 is 0 Å². The average Bonchev–Trinajstić information content (AvgIpc) is 0.735. The largest absolute Gasteiger partial charge is 0.0622 e. The highest BCUT2D eigenvalue weighted by molar-refractivity contribution is 6.27. The standard InChI is InChI=1S/2C46H30.C44H28/c1-2-11-31(12-3-1)36-17-10-18-39(28-36)45-41-19-8-9-20-42(41)46(40-24-22-33-14-5-7-16-35(33)29-40)44-30-38(25-26-43(44)45)37-23-21-32-13-4-6-15-34(32)27-37;1-2-11-31(12-3-1)33-21-24-35(25-22-33)45-41-18-8-9-19-42(41)46(40-20-10-16-34-14-6-7-17-39(34)40)44-30-38(27-28-43(44)45)37-26-23-32-13-4-5-15-36(32)29-37;1-3-13-32-26-35(22-20-29(32)10-1)43-39-17-7-8-18-40(39)44(36-23-21-30-11-2-4-14-33(30)27-36)42-28-34(24-25-41(42)43)38-19-9-15-31-12-5-6-16-37(31)38/h2*1-30H;1-28H. The summed E-state index contributed by atoms with van der Waals surface area (Å²) in [6.07, 6.45) is 0. The normalized spacial score (nSPS) is 11.5. The second kappa shape index (κ2) is 34.6. The summed E-state index contributed by atoms with van der Waals surface area (Å²) in [4.78, 5) is 0. The molecular weight excluding hydrogens is 1630 g/mol. The van der Waals surface area contributed by atoms with Crippen LogP contribution in [0.5, 0.6) is 0 Å². The van der Waals surface area contributed by atoms with Gasteiger partial charge in [-0.05, 0) is 317 Å². The minimum Gasteiger partial charge on any atom is -0.0622 e. The summed E-state index contributed by atoms with van der Waals surface area (Å²) in [5.74, 6) is 0. The lowest BCUT2D eigenvalue weighted by Crippen LogP contribution is -1.92. The van der Waals surface area contributed by atoms with Crippen LogP contribution in [0.2, 0.25) is 0 Å². The molecule has 27 rings (SSSR count). The number of fused-ring (bicyclic) bond motifs is 13. The van der Waals surface area contributed by atoms with Gasteiger partial charge in [0, 0.05) is 0 Å². The molecule has 0 heteroatoms. The molecule has 0 aliphatic rings. The van der Waals surface area contributed by atoms with Crippen LogP contribution in [-0.2, 0) is 0 Å². The van der Waals surface area contributed by atoms with Gasteiger partial charge in [-0.3, -0.25) is 0 Å². The summed E-state index contributed by atoms with van der Waals surface area (Å²) in [7, 11) is 0. The Bertz CT molecular complexity index is 9390. The van der Waals surface area contributed by atoms with Gasteiger partial charge in [0.1, 0.15) is 0 Å². The topological polar surface area (TPSA) is 0 Å². The first-order valence-electron chi connectivity index (χ1n) is 47.1. The number of hydrogen-bond acceptors (Lipinski definition) is 0. The molecule has 0 unspecified atom stereocenters. The minimum absolute atomic E-state index is 1.22. The zero-order valence-electron chi connectivity index (χ0n) is 74.8. The van der Waals surface area contributed by atoms with Gasteiger partial charge in [0.05, 0.1) is 0 Å². The van der Waals surface area contributed by atoms with E-state index in [4.69, 9.17) is 0 Å². The van der Waals surface area contributed by atoms with Crippen molar-refractivity contribution in [2.75, 3.05) is 0 Å². The Kier molecular flexibility index (Phi) is 20.4. The predicted octanol–water partition coefficient (Wildman–Crippen LogP) is 38.4. The van der Waals surface area contributed by atoms with Crippen molar-refractivity contribution >= 4 is 140 Å². The zero-order chi connectivity index (χ0) is 89.9. The molecule has 0 fully saturated rings. The average molecular weight is 1720 g/mol. The van der Waals surface area contributed by atoms with Gasteiger partial charge in [0.15, 0.2) is 0 Å². The fourth-order valence-corrected chi connectivity index (χ4v) is 21.5. The number of hydrogen-bond donors (Lipinski definition) is 0. The fourth-order valence-electron chi connectivity index (χ4n) is 21.5. The summed E-state index contributed by atoms with van der Waals surface area (Å²) < 4.78 is 0. The van der Waals surface area contributed by atoms with E-state index in [1.807, 2.05) is 0 Å². The van der Waals surface area contributed by atoms with Crippen LogP contribution in [0.3, 0.4) is 0 Å². The van der Waals surface area contributed by atoms with Crippen molar-refractivity contribution in [2.45, 2.75) is 0 Å². The molecule has 0 aliphatic heterocycles. The van der Waals surface area contributed by atoms with E-state index in [9.17, 15) is 0 Å². The minimum atomic E-state index is 1.22. The van der Waals surface area contributed by atoms with E-state index in [-0.39, 0.29) is 0 Å². The van der Waals surface area contributed by atoms with Gasteiger partial charge < -0.3 is 0 Å². The van der Waals surface area contributed by atoms with Crippen LogP contribution in [0.25, 0.3) is 262 Å². The summed E-state index contributed by atoms with van der Waals surface area (Å²) in [5, 5.41) is 32.8. The quantitative estimate of drug-likeness (QED) is 0.113. The van der Waals surface area contributed by atoms with Crippen LogP contribution in [0.15, 0.2) is 534 Å². The number of benzene rings is 27. The van der Waals surface area contributed by atoms with Crippen molar-refractivity contribution in [2.24, 2.45) is 0 Å². The smallest absolute Gasteiger partial charge is 0.00199 e. The molecule has 0 aromatic heterocycles. The molecule has 0 saturated carbocycles. The molecule has 0 spiro atoms. The van der Waals surface area contributed by atoms with Crippen molar-refractivity contribution in [3.8, 4) is 122 Å². The molecule has 632 valence electrons. The SMILES string of the molecule is c1ccc(-c2ccc(-c3c4ccccc4c(-c4cccc5ccccc45)c4cc(-c5ccc6ccccc6c5)ccc34)cc2)cc1.c1ccc(-c2cccc(-c3c4ccccc4c(-c4ccc5ccccc5c4)c4cc(-c5ccc6ccccc6c5)ccc34)c2)cc1.c1ccc2cc(-c3c4ccccc4c(-c4ccc5ccccc5c4)c4cc(-c5cccc6ccccc56)ccc34)ccc2c1. The van der Waals surface area contributed by atoms with Crippen LogP contribution in [0.4, 0.5) is 0 Å². The van der Waals surface area contributed by atoms with Gasteiger partial charge in [0.2, 0.25) is 0 Å². The molecule has 0 N–H and O–H groups in total. The van der Waals surface area contributed by atoms with E-state index in [0.717, 1.165) is 0 Å². The summed E-state index contributed by atoms with van der Waals surface area (Å²) >= 11 is 0. The first kappa shape index (κ1) is 80.4. The highest BCUT2D eigenvalue weighted by Gasteiger charge is 2.25. The van der Waals surface area contributed by atoms with Crippen LogP contribution >= 0.6 is 0 Å². The second-order valence-corrected chi connectivity index (χ2v) is 35.9. The molecule has 0 nitrogen and oxygen atoms in total. The third-order valence-electron chi connectivity index (χ3n) is 28.1. The Labute approximate surface area is 790 Å². The first-order valence-corrected chi connectivity index (χ1v) is 47.1. The lowest BCUT2D eigenvalue weighted by Gasteiger charge is -2.20. The van der Waals surface area contributed by atoms with Crippen LogP contribution in [0.1, 0.15) is 0 Å². The molecule has 27 aromatic carbocycles. The lowest BCUT2D eigenvalue weighted by atomic mass is 9.83. The van der Waals surface area contributed by atoms with Gasteiger partial charge in [-0.25, -0.2) is 0 Å². The lowest BCUT2D eigenvalue weighted by molar-refractivity contribution is 1.61. The Morgan fingerprint density at radius 1 is 0.0735 bits per heavy atom. The highest BCUT2D eigenvalue weighted by Crippen LogP contribution is 2.52. The molecule has 0 amide bonds. The fraction of sp³-hybridized carbons (Fsp3) is 0. The van der Waals surface area contributed by atoms with E-state index in [1.54, 1.807) is 0 Å². The van der Waals surface area contributed by atoms with Crippen molar-refractivity contribution < 1.29 is 0 Å². The molecule has 0 heterocycles. The predicted molar refractivity (Wildman–Crippen MR) is 587 cm³/mol. The second-order valence-electron chi connectivity index (χ2n) is 35.9. The van der Waals surface area contributed by atoms with Gasteiger partial charge in [-0.2, -0.15) is 0 Å². The maximum absolute atomic E-state index is 2.43. The maximum Gasteiger partial charge on any atom is -0.00199 e. The molecule has 27 aromatic rings. The molecule has 0 aliphatic carbocycles. The van der Waals surface area contributed by atoms with E-state index in [0.29, 0.717) is 0 Å². The molecule has 0 bridgehead atoms. The zero-order valence-corrected chi connectivity index (χ0v) is 74.8. The summed E-state index contributed by atoms with van der Waals surface area (Å²) in [5.41, 5.74) is 27.4. The van der Waals surface area contributed by atoms with Crippen molar-refractivity contribution in [3.63, 3.8) is 0 Å². The van der Waals surface area contributed by atoms with E-state index >= 15 is 0 Å². The van der Waals surface area contributed by atoms with Gasteiger partial charge in [-0.15, -0.1) is 0 Å². The summed E-state index contributed by atoms with van der Waals surface area (Å²) in [6.45, 7) is 0. The van der Waals surface area contributed by atoms with Crippen molar-refractivity contribution in [1.82, 2.24) is 0 Å².